The molecule has 0 spiro atoms. The lowest BCUT2D eigenvalue weighted by atomic mass is 9.65. The van der Waals surface area contributed by atoms with E-state index in [1.807, 2.05) is 30.3 Å². The Balaban J connectivity index is 1.80. The van der Waals surface area contributed by atoms with Gasteiger partial charge in [0.25, 0.3) is 0 Å². The van der Waals surface area contributed by atoms with Crippen LogP contribution < -0.4 is 5.73 Å². The number of rotatable bonds is 2. The Bertz CT molecular complexity index is 539. The van der Waals surface area contributed by atoms with E-state index in [4.69, 9.17) is 5.73 Å². The van der Waals surface area contributed by atoms with Gasteiger partial charge < -0.3 is 10.6 Å². The zero-order valence-electron chi connectivity index (χ0n) is 13.3. The summed E-state index contributed by atoms with van der Waals surface area (Å²) in [5.41, 5.74) is 7.72. The molecule has 1 aromatic rings. The van der Waals surface area contributed by atoms with Gasteiger partial charge in [0.15, 0.2) is 0 Å². The maximum absolute atomic E-state index is 12.8. The van der Waals surface area contributed by atoms with Crippen LogP contribution in [-0.2, 0) is 4.79 Å². The van der Waals surface area contributed by atoms with Gasteiger partial charge in [-0.15, -0.1) is 0 Å². The van der Waals surface area contributed by atoms with Crippen LogP contribution in [0.25, 0.3) is 0 Å². The molecule has 3 atom stereocenters. The lowest BCUT2D eigenvalue weighted by Crippen LogP contribution is -2.42. The Morgan fingerprint density at radius 3 is 2.57 bits per heavy atom. The first-order valence-corrected chi connectivity index (χ1v) is 7.91. The minimum absolute atomic E-state index is 0.0904. The topological polar surface area (TPSA) is 46.3 Å². The molecule has 1 aliphatic heterocycles. The van der Waals surface area contributed by atoms with Crippen molar-refractivity contribution >= 4 is 5.91 Å². The van der Waals surface area contributed by atoms with Gasteiger partial charge >= 0.3 is 0 Å². The third-order valence-corrected chi connectivity index (χ3v) is 5.12. The second-order valence-corrected chi connectivity index (χ2v) is 8.07. The van der Waals surface area contributed by atoms with E-state index in [0.717, 1.165) is 24.9 Å². The molecule has 3 heteroatoms. The van der Waals surface area contributed by atoms with Crippen molar-refractivity contribution in [3.05, 3.63) is 35.9 Å². The molecule has 0 aromatic heterocycles. The number of amides is 1. The second kappa shape index (κ2) is 4.84. The van der Waals surface area contributed by atoms with Gasteiger partial charge in [-0.05, 0) is 35.7 Å². The summed E-state index contributed by atoms with van der Waals surface area (Å²) in [6, 6.07) is 9.54. The normalized spacial score (nSPS) is 32.0. The molecule has 2 fully saturated rings. The third kappa shape index (κ3) is 2.71. The minimum Gasteiger partial charge on any atom is -0.337 e. The van der Waals surface area contributed by atoms with Crippen LogP contribution in [0.5, 0.6) is 0 Å². The average molecular weight is 286 g/mol. The lowest BCUT2D eigenvalue weighted by molar-refractivity contribution is -0.133. The molecule has 114 valence electrons. The highest BCUT2D eigenvalue weighted by Gasteiger charge is 2.51. The molecule has 3 nitrogen and oxygen atoms in total. The fourth-order valence-electron chi connectivity index (χ4n) is 4.70. The number of nitrogens with zero attached hydrogens (tertiary/aromatic N) is 1. The Hall–Kier alpha value is -1.35. The quantitative estimate of drug-likeness (QED) is 0.908. The predicted molar refractivity (Wildman–Crippen MR) is 84.6 cm³/mol. The van der Waals surface area contributed by atoms with Crippen LogP contribution in [0, 0.1) is 10.8 Å². The van der Waals surface area contributed by atoms with Gasteiger partial charge in [-0.3, -0.25) is 4.79 Å². The fraction of sp³-hybridized carbons (Fsp3) is 0.611. The molecular weight excluding hydrogens is 260 g/mol. The highest BCUT2D eigenvalue weighted by atomic mass is 16.2. The third-order valence-electron chi connectivity index (χ3n) is 5.12. The molecule has 3 unspecified atom stereocenters. The summed E-state index contributed by atoms with van der Waals surface area (Å²) in [5, 5.41) is 0. The highest BCUT2D eigenvalue weighted by molar-refractivity contribution is 5.83. The van der Waals surface area contributed by atoms with Crippen LogP contribution in [0.3, 0.4) is 0 Å². The van der Waals surface area contributed by atoms with Crippen molar-refractivity contribution in [2.24, 2.45) is 16.6 Å². The first kappa shape index (κ1) is 14.6. The van der Waals surface area contributed by atoms with Crippen LogP contribution in [-0.4, -0.2) is 23.4 Å². The van der Waals surface area contributed by atoms with E-state index >= 15 is 0 Å². The highest BCUT2D eigenvalue weighted by Crippen LogP contribution is 2.52. The number of benzene rings is 1. The zero-order chi connectivity index (χ0) is 15.3. The molecule has 1 aliphatic carbocycles. The Kier molecular flexibility index (Phi) is 3.36. The molecular formula is C18H26N2O. The summed E-state index contributed by atoms with van der Waals surface area (Å²) >= 11 is 0. The number of carbonyl (C=O) groups excluding carboxylic acids is 1. The van der Waals surface area contributed by atoms with E-state index in [1.54, 1.807) is 0 Å². The SMILES string of the molecule is CC1(C)CC2CC(C)(CN2C(=O)C(N)c2ccccc2)C1. The second-order valence-electron chi connectivity index (χ2n) is 8.07. The number of hydrogen-bond donors (Lipinski definition) is 1. The van der Waals surface area contributed by atoms with E-state index in [1.165, 1.54) is 6.42 Å². The minimum atomic E-state index is -0.530. The van der Waals surface area contributed by atoms with Crippen molar-refractivity contribution in [2.75, 3.05) is 6.54 Å². The molecule has 1 amide bonds. The van der Waals surface area contributed by atoms with Crippen molar-refractivity contribution in [2.45, 2.75) is 52.1 Å². The summed E-state index contributed by atoms with van der Waals surface area (Å²) in [7, 11) is 0. The average Bonchev–Trinajstić information content (AvgIpc) is 2.67. The fourth-order valence-corrected chi connectivity index (χ4v) is 4.70. The Morgan fingerprint density at radius 2 is 1.90 bits per heavy atom. The van der Waals surface area contributed by atoms with Crippen LogP contribution in [0.2, 0.25) is 0 Å². The molecule has 3 rings (SSSR count). The number of fused-ring (bicyclic) bond motifs is 2. The summed E-state index contributed by atoms with van der Waals surface area (Å²) in [6.45, 7) is 7.83. The lowest BCUT2D eigenvalue weighted by Gasteiger charge is -2.39. The van der Waals surface area contributed by atoms with Gasteiger partial charge in [-0.2, -0.15) is 0 Å². The molecule has 2 N–H and O–H groups in total. The maximum Gasteiger partial charge on any atom is 0.244 e. The molecule has 2 bridgehead atoms. The van der Waals surface area contributed by atoms with Crippen LogP contribution in [0.15, 0.2) is 30.3 Å². The van der Waals surface area contributed by atoms with Crippen LogP contribution in [0.1, 0.15) is 51.6 Å². The summed E-state index contributed by atoms with van der Waals surface area (Å²) in [5.74, 6) is 0.0904. The summed E-state index contributed by atoms with van der Waals surface area (Å²) in [6.07, 6.45) is 3.42. The molecule has 0 radical (unpaired) electrons. The number of hydrogen-bond acceptors (Lipinski definition) is 2. The largest absolute Gasteiger partial charge is 0.337 e. The van der Waals surface area contributed by atoms with Crippen molar-refractivity contribution < 1.29 is 4.79 Å². The van der Waals surface area contributed by atoms with Gasteiger partial charge in [0, 0.05) is 12.6 Å². The van der Waals surface area contributed by atoms with Gasteiger partial charge in [0.05, 0.1) is 0 Å². The Morgan fingerprint density at radius 1 is 1.24 bits per heavy atom. The summed E-state index contributed by atoms with van der Waals surface area (Å²) in [4.78, 5) is 14.9. The van der Waals surface area contributed by atoms with Crippen molar-refractivity contribution in [3.63, 3.8) is 0 Å². The van der Waals surface area contributed by atoms with E-state index in [-0.39, 0.29) is 11.3 Å². The summed E-state index contributed by atoms with van der Waals surface area (Å²) < 4.78 is 0. The zero-order valence-corrected chi connectivity index (χ0v) is 13.3. The molecule has 1 heterocycles. The van der Waals surface area contributed by atoms with Crippen molar-refractivity contribution in [1.29, 1.82) is 0 Å². The van der Waals surface area contributed by atoms with E-state index in [9.17, 15) is 4.79 Å². The van der Waals surface area contributed by atoms with Crippen LogP contribution in [0.4, 0.5) is 0 Å². The number of carbonyl (C=O) groups is 1. The number of likely N-dealkylation sites (tertiary alicyclic amines) is 1. The standard InChI is InChI=1S/C18H26N2O/c1-17(2)9-14-10-18(3,11-17)12-20(14)16(21)15(19)13-7-5-4-6-8-13/h4-8,14-15H,9-12,19H2,1-3H3. The first-order chi connectivity index (χ1) is 9.80. The molecule has 1 saturated carbocycles. The molecule has 21 heavy (non-hydrogen) atoms. The molecule has 1 saturated heterocycles. The van der Waals surface area contributed by atoms with E-state index < -0.39 is 6.04 Å². The predicted octanol–water partition coefficient (Wildman–Crippen LogP) is 3.11. The smallest absolute Gasteiger partial charge is 0.244 e. The number of nitrogens with two attached hydrogens (primary N) is 1. The van der Waals surface area contributed by atoms with E-state index in [0.29, 0.717) is 11.5 Å². The van der Waals surface area contributed by atoms with Crippen LogP contribution >= 0.6 is 0 Å². The van der Waals surface area contributed by atoms with Gasteiger partial charge in [0.1, 0.15) is 6.04 Å². The monoisotopic (exact) mass is 286 g/mol. The Labute approximate surface area is 127 Å². The molecule has 1 aromatic carbocycles. The van der Waals surface area contributed by atoms with Gasteiger partial charge in [0.2, 0.25) is 5.91 Å². The van der Waals surface area contributed by atoms with Gasteiger partial charge in [-0.1, -0.05) is 51.1 Å². The first-order valence-electron chi connectivity index (χ1n) is 7.91. The van der Waals surface area contributed by atoms with Crippen molar-refractivity contribution in [1.82, 2.24) is 4.90 Å². The van der Waals surface area contributed by atoms with Crippen molar-refractivity contribution in [3.8, 4) is 0 Å². The molecule has 2 aliphatic rings. The van der Waals surface area contributed by atoms with E-state index in [2.05, 4.69) is 25.7 Å². The maximum atomic E-state index is 12.8. The van der Waals surface area contributed by atoms with Gasteiger partial charge in [-0.25, -0.2) is 0 Å².